The summed E-state index contributed by atoms with van der Waals surface area (Å²) in [5, 5.41) is 23.4. The Balaban J connectivity index is 1.71. The average molecular weight is 423 g/mol. The van der Waals surface area contributed by atoms with Crippen LogP contribution in [0.15, 0.2) is 72.9 Å². The molecule has 0 saturated heterocycles. The van der Waals surface area contributed by atoms with Crippen LogP contribution in [0, 0.1) is 11.3 Å². The predicted molar refractivity (Wildman–Crippen MR) is 119 cm³/mol. The minimum atomic E-state index is -1.04. The van der Waals surface area contributed by atoms with Gasteiger partial charge in [0, 0.05) is 23.0 Å². The van der Waals surface area contributed by atoms with Crippen LogP contribution < -0.4 is 10.6 Å². The summed E-state index contributed by atoms with van der Waals surface area (Å²) in [5.41, 5.74) is 4.16. The molecule has 7 nitrogen and oxygen atoms in total. The molecule has 0 aromatic heterocycles. The maximum absolute atomic E-state index is 12.6. The van der Waals surface area contributed by atoms with Gasteiger partial charge in [0.05, 0.1) is 23.6 Å². The van der Waals surface area contributed by atoms with Gasteiger partial charge in [-0.15, -0.1) is 0 Å². The second-order valence-electron chi connectivity index (χ2n) is 7.16. The molecule has 1 aliphatic rings. The first-order valence-electron chi connectivity index (χ1n) is 9.72. The molecule has 0 unspecified atom stereocenters. The van der Waals surface area contributed by atoms with Crippen molar-refractivity contribution < 1.29 is 19.5 Å². The number of carboxylic acids is 1. The third-order valence-corrected chi connectivity index (χ3v) is 5.09. The fraction of sp³-hybridized carbons (Fsp3) is 0.0400. The summed E-state index contributed by atoms with van der Waals surface area (Å²) in [7, 11) is 0. The van der Waals surface area contributed by atoms with Crippen molar-refractivity contribution in [2.75, 3.05) is 5.32 Å². The highest BCUT2D eigenvalue weighted by Crippen LogP contribution is 2.30. The van der Waals surface area contributed by atoms with Gasteiger partial charge in [-0.25, -0.2) is 4.79 Å². The van der Waals surface area contributed by atoms with Crippen LogP contribution in [0.4, 0.5) is 5.69 Å². The molecule has 3 aromatic rings. The van der Waals surface area contributed by atoms with Crippen LogP contribution >= 0.6 is 0 Å². The van der Waals surface area contributed by atoms with E-state index in [1.54, 1.807) is 48.5 Å². The van der Waals surface area contributed by atoms with E-state index >= 15 is 0 Å². The number of carbonyl (C=O) groups is 3. The Kier molecular flexibility index (Phi) is 5.51. The molecule has 4 rings (SSSR count). The summed E-state index contributed by atoms with van der Waals surface area (Å²) in [6.45, 7) is 0. The fourth-order valence-electron chi connectivity index (χ4n) is 3.45. The molecule has 32 heavy (non-hydrogen) atoms. The summed E-state index contributed by atoms with van der Waals surface area (Å²) >= 11 is 0. The fourth-order valence-corrected chi connectivity index (χ4v) is 3.45. The highest BCUT2D eigenvalue weighted by Gasteiger charge is 2.27. The zero-order valence-corrected chi connectivity index (χ0v) is 16.8. The average Bonchev–Trinajstić information content (AvgIpc) is 2.80. The molecule has 0 saturated carbocycles. The molecule has 0 radical (unpaired) electrons. The number of amides is 2. The van der Waals surface area contributed by atoms with Crippen molar-refractivity contribution in [2.24, 2.45) is 0 Å². The Morgan fingerprint density at radius 2 is 1.72 bits per heavy atom. The lowest BCUT2D eigenvalue weighted by molar-refractivity contribution is -0.114. The standard InChI is InChI=1S/C25H17N3O4/c26-11-10-15-4-7-19(8-5-15)27-14-22-21-13-17(6-9-20(21)23(29)28-24(22)30)16-2-1-3-18(12-16)25(31)32/h1-9,12-14,27H,10H2,(H,31,32)(H,28,29,30)/b22-14+. The SMILES string of the molecule is N#CCc1ccc(N/C=C2/C(=O)NC(=O)c3ccc(-c4cccc(C(=O)O)c4)cc32)cc1. The number of imide groups is 1. The Bertz CT molecular complexity index is 1320. The number of nitriles is 1. The number of carboxylic acid groups (broad SMARTS) is 1. The molecule has 156 valence electrons. The second kappa shape index (κ2) is 8.58. The van der Waals surface area contributed by atoms with Gasteiger partial charge in [0.25, 0.3) is 11.8 Å². The molecule has 0 atom stereocenters. The number of anilines is 1. The van der Waals surface area contributed by atoms with Crippen molar-refractivity contribution in [1.82, 2.24) is 5.32 Å². The molecule has 2 amide bonds. The molecule has 0 fully saturated rings. The van der Waals surface area contributed by atoms with Gasteiger partial charge < -0.3 is 10.4 Å². The zero-order valence-electron chi connectivity index (χ0n) is 16.8. The number of hydrogen-bond acceptors (Lipinski definition) is 5. The minimum Gasteiger partial charge on any atom is -0.478 e. The van der Waals surface area contributed by atoms with Crippen LogP contribution in [0.3, 0.4) is 0 Å². The Morgan fingerprint density at radius 3 is 2.44 bits per heavy atom. The van der Waals surface area contributed by atoms with Crippen molar-refractivity contribution in [3.63, 3.8) is 0 Å². The molecular formula is C25H17N3O4. The summed E-state index contributed by atoms with van der Waals surface area (Å²) < 4.78 is 0. The zero-order chi connectivity index (χ0) is 22.7. The number of fused-ring (bicyclic) bond motifs is 1. The monoisotopic (exact) mass is 423 g/mol. The first-order chi connectivity index (χ1) is 15.5. The lowest BCUT2D eigenvalue weighted by Gasteiger charge is -2.19. The number of carbonyl (C=O) groups excluding carboxylic acids is 2. The third kappa shape index (κ3) is 4.11. The highest BCUT2D eigenvalue weighted by molar-refractivity contribution is 6.31. The maximum atomic E-state index is 12.6. The molecule has 0 bridgehead atoms. The van der Waals surface area contributed by atoms with Gasteiger partial charge in [-0.3, -0.25) is 14.9 Å². The molecule has 3 aromatic carbocycles. The van der Waals surface area contributed by atoms with E-state index in [1.165, 1.54) is 12.3 Å². The van der Waals surface area contributed by atoms with E-state index in [1.807, 2.05) is 12.1 Å². The largest absolute Gasteiger partial charge is 0.478 e. The van der Waals surface area contributed by atoms with Gasteiger partial charge in [-0.2, -0.15) is 5.26 Å². The lowest BCUT2D eigenvalue weighted by Crippen LogP contribution is -2.36. The van der Waals surface area contributed by atoms with Crippen LogP contribution in [-0.2, 0) is 11.2 Å². The lowest BCUT2D eigenvalue weighted by atomic mass is 9.91. The van der Waals surface area contributed by atoms with Gasteiger partial charge in [0.15, 0.2) is 0 Å². The minimum absolute atomic E-state index is 0.145. The number of hydrogen-bond donors (Lipinski definition) is 3. The van der Waals surface area contributed by atoms with E-state index in [-0.39, 0.29) is 11.1 Å². The first-order valence-corrected chi connectivity index (χ1v) is 9.72. The summed E-state index contributed by atoms with van der Waals surface area (Å²) in [6, 6.07) is 20.8. The second-order valence-corrected chi connectivity index (χ2v) is 7.16. The number of nitrogens with zero attached hydrogens (tertiary/aromatic N) is 1. The van der Waals surface area contributed by atoms with E-state index < -0.39 is 17.8 Å². The van der Waals surface area contributed by atoms with Crippen LogP contribution in [0.5, 0.6) is 0 Å². The van der Waals surface area contributed by atoms with Crippen molar-refractivity contribution in [3.05, 3.63) is 95.2 Å². The van der Waals surface area contributed by atoms with Crippen molar-refractivity contribution in [3.8, 4) is 17.2 Å². The topological polar surface area (TPSA) is 119 Å². The van der Waals surface area contributed by atoms with Crippen molar-refractivity contribution in [1.29, 1.82) is 5.26 Å². The van der Waals surface area contributed by atoms with Crippen molar-refractivity contribution >= 4 is 29.0 Å². The summed E-state index contributed by atoms with van der Waals surface area (Å²) in [6.07, 6.45) is 1.84. The Labute approximate surface area is 183 Å². The van der Waals surface area contributed by atoms with E-state index in [9.17, 15) is 19.5 Å². The van der Waals surface area contributed by atoms with Crippen LogP contribution in [0.25, 0.3) is 16.7 Å². The number of aromatic carboxylic acids is 1. The molecule has 1 aliphatic heterocycles. The Hall–Kier alpha value is -4.70. The number of nitrogens with one attached hydrogen (secondary N) is 2. The summed E-state index contributed by atoms with van der Waals surface area (Å²) in [5.74, 6) is -2.06. The number of rotatable bonds is 5. The smallest absolute Gasteiger partial charge is 0.335 e. The van der Waals surface area contributed by atoms with E-state index in [0.29, 0.717) is 28.7 Å². The van der Waals surface area contributed by atoms with Gasteiger partial charge in [0.2, 0.25) is 0 Å². The van der Waals surface area contributed by atoms with E-state index in [4.69, 9.17) is 5.26 Å². The molecule has 7 heteroatoms. The van der Waals surface area contributed by atoms with Crippen LogP contribution in [0.1, 0.15) is 31.8 Å². The molecule has 1 heterocycles. The van der Waals surface area contributed by atoms with Gasteiger partial charge in [-0.1, -0.05) is 30.3 Å². The number of benzene rings is 3. The summed E-state index contributed by atoms with van der Waals surface area (Å²) in [4.78, 5) is 36.2. The molecular weight excluding hydrogens is 406 g/mol. The Morgan fingerprint density at radius 1 is 0.969 bits per heavy atom. The first kappa shape index (κ1) is 20.6. The predicted octanol–water partition coefficient (Wildman–Crippen LogP) is 3.84. The van der Waals surface area contributed by atoms with E-state index in [0.717, 1.165) is 11.3 Å². The highest BCUT2D eigenvalue weighted by atomic mass is 16.4. The van der Waals surface area contributed by atoms with Gasteiger partial charge >= 0.3 is 5.97 Å². The third-order valence-electron chi connectivity index (χ3n) is 5.09. The molecule has 0 aliphatic carbocycles. The van der Waals surface area contributed by atoms with Crippen LogP contribution in [-0.4, -0.2) is 22.9 Å². The normalized spacial score (nSPS) is 13.8. The molecule has 0 spiro atoms. The maximum Gasteiger partial charge on any atom is 0.335 e. The molecule has 3 N–H and O–H groups in total. The quantitative estimate of drug-likeness (QED) is 0.424. The van der Waals surface area contributed by atoms with E-state index in [2.05, 4.69) is 16.7 Å². The van der Waals surface area contributed by atoms with Gasteiger partial charge in [-0.05, 0) is 53.1 Å². The van der Waals surface area contributed by atoms with Gasteiger partial charge in [0.1, 0.15) is 0 Å². The van der Waals surface area contributed by atoms with Crippen molar-refractivity contribution in [2.45, 2.75) is 6.42 Å². The van der Waals surface area contributed by atoms with Crippen LogP contribution in [0.2, 0.25) is 0 Å².